The van der Waals surface area contributed by atoms with Gasteiger partial charge in [0.15, 0.2) is 0 Å². The van der Waals surface area contributed by atoms with Crippen molar-refractivity contribution in [2.45, 2.75) is 91.1 Å². The highest BCUT2D eigenvalue weighted by atomic mass is 35.5. The molecule has 0 rings (SSSR count). The standard InChI is InChI=1S/C23H40ClO5P/c1-7-28-30(27,29-8-2)23(24,22(25)26)18-10-9-14-20(5)16-12-17-21(6)15-11-13-19(3)4/h13-14,17H,7-12,15-16,18H2,1-6H3,(H,25,26). The number of aliphatic carboxylic acids is 1. The Bertz CT molecular complexity index is 655. The molecule has 1 atom stereocenters. The Morgan fingerprint density at radius 2 is 1.40 bits per heavy atom. The highest BCUT2D eigenvalue weighted by Gasteiger charge is 2.55. The molecule has 0 aromatic rings. The van der Waals surface area contributed by atoms with E-state index in [1.54, 1.807) is 13.8 Å². The van der Waals surface area contributed by atoms with E-state index in [0.717, 1.165) is 25.7 Å². The van der Waals surface area contributed by atoms with E-state index in [1.807, 2.05) is 0 Å². The second-order valence-electron chi connectivity index (χ2n) is 7.75. The maximum atomic E-state index is 12.9. The highest BCUT2D eigenvalue weighted by Crippen LogP contribution is 2.64. The molecule has 174 valence electrons. The fraction of sp³-hybridized carbons (Fsp3) is 0.696. The van der Waals surface area contributed by atoms with Gasteiger partial charge in [0.25, 0.3) is 0 Å². The van der Waals surface area contributed by atoms with Gasteiger partial charge in [0.2, 0.25) is 4.62 Å². The first-order valence-corrected chi connectivity index (χ1v) is 12.7. The summed E-state index contributed by atoms with van der Waals surface area (Å²) >= 11 is 6.29. The fourth-order valence-electron chi connectivity index (χ4n) is 2.97. The van der Waals surface area contributed by atoms with Crippen LogP contribution in [-0.4, -0.2) is 28.9 Å². The van der Waals surface area contributed by atoms with Crippen molar-refractivity contribution in [2.75, 3.05) is 13.2 Å². The van der Waals surface area contributed by atoms with Crippen molar-refractivity contribution in [2.24, 2.45) is 0 Å². The monoisotopic (exact) mass is 462 g/mol. The molecule has 5 nitrogen and oxygen atoms in total. The molecule has 0 aliphatic heterocycles. The lowest BCUT2D eigenvalue weighted by Crippen LogP contribution is -2.34. The Morgan fingerprint density at radius 1 is 0.933 bits per heavy atom. The molecule has 0 amide bonds. The lowest BCUT2D eigenvalue weighted by atomic mass is 10.0. The summed E-state index contributed by atoms with van der Waals surface area (Å²) in [6.07, 6.45) is 11.9. The van der Waals surface area contributed by atoms with Crippen LogP contribution in [0.15, 0.2) is 34.9 Å². The van der Waals surface area contributed by atoms with E-state index < -0.39 is 18.2 Å². The Hall–Kier alpha value is -0.870. The molecule has 0 spiro atoms. The lowest BCUT2D eigenvalue weighted by Gasteiger charge is -2.30. The van der Waals surface area contributed by atoms with Gasteiger partial charge in [-0.05, 0) is 86.5 Å². The first-order chi connectivity index (χ1) is 14.0. The highest BCUT2D eigenvalue weighted by molar-refractivity contribution is 7.59. The summed E-state index contributed by atoms with van der Waals surface area (Å²) in [5, 5.41) is 9.60. The van der Waals surface area contributed by atoms with Crippen LogP contribution in [0.1, 0.15) is 86.5 Å². The van der Waals surface area contributed by atoms with Gasteiger partial charge in [-0.2, -0.15) is 0 Å². The molecule has 30 heavy (non-hydrogen) atoms. The number of halogens is 1. The van der Waals surface area contributed by atoms with E-state index in [0.29, 0.717) is 12.8 Å². The van der Waals surface area contributed by atoms with Crippen molar-refractivity contribution in [3.8, 4) is 0 Å². The van der Waals surface area contributed by atoms with Gasteiger partial charge < -0.3 is 14.2 Å². The van der Waals surface area contributed by atoms with E-state index in [2.05, 4.69) is 45.9 Å². The van der Waals surface area contributed by atoms with Crippen molar-refractivity contribution in [3.63, 3.8) is 0 Å². The number of unbranched alkanes of at least 4 members (excludes halogenated alkanes) is 1. The summed E-state index contributed by atoms with van der Waals surface area (Å²) in [4.78, 5) is 11.8. The minimum Gasteiger partial charge on any atom is -0.479 e. The van der Waals surface area contributed by atoms with Crippen LogP contribution in [0.4, 0.5) is 0 Å². The number of hydrogen-bond acceptors (Lipinski definition) is 4. The average Bonchev–Trinajstić information content (AvgIpc) is 2.64. The number of rotatable bonds is 16. The van der Waals surface area contributed by atoms with Gasteiger partial charge in [0.1, 0.15) is 0 Å². The quantitative estimate of drug-likeness (QED) is 0.109. The van der Waals surface area contributed by atoms with Gasteiger partial charge in [-0.1, -0.05) is 46.5 Å². The zero-order chi connectivity index (χ0) is 23.2. The van der Waals surface area contributed by atoms with Crippen LogP contribution in [0, 0.1) is 0 Å². The summed E-state index contributed by atoms with van der Waals surface area (Å²) in [6, 6.07) is 0. The largest absolute Gasteiger partial charge is 0.479 e. The van der Waals surface area contributed by atoms with Gasteiger partial charge in [0, 0.05) is 0 Å². The molecule has 0 heterocycles. The Balaban J connectivity index is 4.69. The van der Waals surface area contributed by atoms with Crippen LogP contribution < -0.4 is 0 Å². The topological polar surface area (TPSA) is 72.8 Å². The predicted molar refractivity (Wildman–Crippen MR) is 126 cm³/mol. The molecular weight excluding hydrogens is 423 g/mol. The van der Waals surface area contributed by atoms with E-state index in [-0.39, 0.29) is 19.6 Å². The van der Waals surface area contributed by atoms with Crippen LogP contribution in [0.5, 0.6) is 0 Å². The van der Waals surface area contributed by atoms with Crippen LogP contribution in [0.2, 0.25) is 0 Å². The first kappa shape index (κ1) is 29.1. The number of hydrogen-bond donors (Lipinski definition) is 1. The second kappa shape index (κ2) is 15.0. The summed E-state index contributed by atoms with van der Waals surface area (Å²) in [5.74, 6) is -1.37. The Labute approximate surface area is 188 Å². The molecule has 0 aliphatic rings. The predicted octanol–water partition coefficient (Wildman–Crippen LogP) is 7.86. The molecule has 1 N–H and O–H groups in total. The third-order valence-electron chi connectivity index (χ3n) is 4.69. The molecule has 0 aromatic heterocycles. The van der Waals surface area contributed by atoms with Crippen molar-refractivity contribution in [1.82, 2.24) is 0 Å². The van der Waals surface area contributed by atoms with Crippen LogP contribution >= 0.6 is 19.2 Å². The van der Waals surface area contributed by atoms with Gasteiger partial charge in [-0.25, -0.2) is 4.79 Å². The maximum Gasteiger partial charge on any atom is 0.362 e. The molecule has 0 radical (unpaired) electrons. The Kier molecular flexibility index (Phi) is 14.6. The van der Waals surface area contributed by atoms with E-state index in [4.69, 9.17) is 20.6 Å². The average molecular weight is 463 g/mol. The smallest absolute Gasteiger partial charge is 0.362 e. The van der Waals surface area contributed by atoms with Crippen molar-refractivity contribution < 1.29 is 23.5 Å². The molecule has 1 unspecified atom stereocenters. The van der Waals surface area contributed by atoms with Gasteiger partial charge in [-0.15, -0.1) is 0 Å². The zero-order valence-electron chi connectivity index (χ0n) is 19.5. The Morgan fingerprint density at radius 3 is 1.83 bits per heavy atom. The molecule has 7 heteroatoms. The number of allylic oxidation sites excluding steroid dienone is 6. The van der Waals surface area contributed by atoms with Crippen molar-refractivity contribution >= 4 is 25.2 Å². The van der Waals surface area contributed by atoms with Gasteiger partial charge in [-0.3, -0.25) is 4.57 Å². The summed E-state index contributed by atoms with van der Waals surface area (Å²) in [5.41, 5.74) is 4.00. The van der Waals surface area contributed by atoms with Crippen molar-refractivity contribution in [3.05, 3.63) is 34.9 Å². The minimum atomic E-state index is -3.97. The third kappa shape index (κ3) is 10.4. The molecular formula is C23H40ClO5P. The third-order valence-corrected chi connectivity index (χ3v) is 8.14. The van der Waals surface area contributed by atoms with Crippen molar-refractivity contribution in [1.29, 1.82) is 0 Å². The normalized spacial score (nSPS) is 15.0. The summed E-state index contributed by atoms with van der Waals surface area (Å²) in [6.45, 7) is 11.9. The molecule has 0 aromatic carbocycles. The van der Waals surface area contributed by atoms with E-state index in [9.17, 15) is 14.5 Å². The maximum absolute atomic E-state index is 12.9. The number of carboxylic acid groups (broad SMARTS) is 1. The number of carbonyl (C=O) groups is 1. The lowest BCUT2D eigenvalue weighted by molar-refractivity contribution is -0.138. The van der Waals surface area contributed by atoms with E-state index in [1.165, 1.54) is 16.7 Å². The van der Waals surface area contributed by atoms with Crippen LogP contribution in [0.25, 0.3) is 0 Å². The zero-order valence-corrected chi connectivity index (χ0v) is 21.2. The minimum absolute atomic E-state index is 0.00825. The van der Waals surface area contributed by atoms with E-state index >= 15 is 0 Å². The van der Waals surface area contributed by atoms with Gasteiger partial charge >= 0.3 is 13.6 Å². The van der Waals surface area contributed by atoms with Crippen LogP contribution in [-0.2, 0) is 18.4 Å². The fourth-order valence-corrected chi connectivity index (χ4v) is 5.22. The number of alkyl halides is 1. The SMILES string of the molecule is CCOP(=O)(OCC)C(Cl)(CCCC=C(C)CCC=C(C)CCC=C(C)C)C(=O)O. The summed E-state index contributed by atoms with van der Waals surface area (Å²) < 4.78 is 21.2. The molecule has 0 aliphatic carbocycles. The molecule has 0 saturated heterocycles. The first-order valence-electron chi connectivity index (χ1n) is 10.8. The molecule has 0 bridgehead atoms. The number of carboxylic acids is 1. The molecule has 0 saturated carbocycles. The van der Waals surface area contributed by atoms with Crippen LogP contribution in [0.3, 0.4) is 0 Å². The molecule has 0 fully saturated rings. The summed E-state index contributed by atoms with van der Waals surface area (Å²) in [7, 11) is -3.97. The van der Waals surface area contributed by atoms with Gasteiger partial charge in [0.05, 0.1) is 13.2 Å². The second-order valence-corrected chi connectivity index (χ2v) is 10.9.